The third kappa shape index (κ3) is 3.68. The summed E-state index contributed by atoms with van der Waals surface area (Å²) < 4.78 is 13.0. The van der Waals surface area contributed by atoms with Crippen LogP contribution >= 0.6 is 0 Å². The van der Waals surface area contributed by atoms with Gasteiger partial charge in [0.2, 0.25) is 5.91 Å². The Morgan fingerprint density at radius 1 is 1.47 bits per heavy atom. The number of hydrogen-bond acceptors (Lipinski definition) is 3. The van der Waals surface area contributed by atoms with Crippen LogP contribution in [0, 0.1) is 17.1 Å². The van der Waals surface area contributed by atoms with Crippen molar-refractivity contribution in [3.8, 4) is 6.07 Å². The first-order valence-electron chi connectivity index (χ1n) is 6.28. The van der Waals surface area contributed by atoms with E-state index in [-0.39, 0.29) is 11.5 Å². The minimum atomic E-state index is -0.468. The van der Waals surface area contributed by atoms with E-state index in [0.717, 1.165) is 6.07 Å². The third-order valence-electron chi connectivity index (χ3n) is 2.92. The van der Waals surface area contributed by atoms with Gasteiger partial charge in [-0.05, 0) is 39.0 Å². The van der Waals surface area contributed by atoms with Gasteiger partial charge in [0.25, 0.3) is 0 Å². The highest BCUT2D eigenvalue weighted by Crippen LogP contribution is 2.17. The lowest BCUT2D eigenvalue weighted by atomic mass is 10.1. The maximum atomic E-state index is 13.0. The van der Waals surface area contributed by atoms with Crippen molar-refractivity contribution in [1.29, 1.82) is 5.26 Å². The fourth-order valence-corrected chi connectivity index (χ4v) is 1.84. The molecule has 0 spiro atoms. The van der Waals surface area contributed by atoms with E-state index >= 15 is 0 Å². The molecule has 0 aromatic heterocycles. The normalized spacial score (nSPS) is 11.5. The van der Waals surface area contributed by atoms with Crippen molar-refractivity contribution in [1.82, 2.24) is 4.90 Å². The molecule has 102 valence electrons. The molecular formula is C14H18FN3O. The van der Waals surface area contributed by atoms with E-state index < -0.39 is 11.9 Å². The number of likely N-dealkylation sites (N-methyl/N-ethyl adjacent to an activating group) is 1. The summed E-state index contributed by atoms with van der Waals surface area (Å²) in [5.74, 6) is -0.511. The quantitative estimate of drug-likeness (QED) is 0.887. The van der Waals surface area contributed by atoms with Crippen LogP contribution in [0.5, 0.6) is 0 Å². The summed E-state index contributed by atoms with van der Waals surface area (Å²) in [5, 5.41) is 11.9. The van der Waals surface area contributed by atoms with E-state index in [0.29, 0.717) is 18.8 Å². The molecule has 0 radical (unpaired) electrons. The van der Waals surface area contributed by atoms with Gasteiger partial charge in [0.1, 0.15) is 17.9 Å². The molecule has 1 unspecified atom stereocenters. The van der Waals surface area contributed by atoms with E-state index in [4.69, 9.17) is 5.26 Å². The molecular weight excluding hydrogens is 245 g/mol. The lowest BCUT2D eigenvalue weighted by Gasteiger charge is -2.24. The van der Waals surface area contributed by atoms with Crippen molar-refractivity contribution in [2.45, 2.75) is 26.8 Å². The monoisotopic (exact) mass is 263 g/mol. The molecule has 0 saturated heterocycles. The van der Waals surface area contributed by atoms with Crippen LogP contribution in [0.15, 0.2) is 18.2 Å². The highest BCUT2D eigenvalue weighted by atomic mass is 19.1. The summed E-state index contributed by atoms with van der Waals surface area (Å²) >= 11 is 0. The SMILES string of the molecule is CCN(CC)C(=O)C(C)Nc1ccc(F)cc1C#N. The van der Waals surface area contributed by atoms with E-state index in [1.807, 2.05) is 19.9 Å². The predicted octanol–water partition coefficient (Wildman–Crippen LogP) is 2.37. The Balaban J connectivity index is 2.85. The fourth-order valence-electron chi connectivity index (χ4n) is 1.84. The molecule has 0 bridgehead atoms. The van der Waals surface area contributed by atoms with Crippen LogP contribution in [-0.4, -0.2) is 29.9 Å². The minimum absolute atomic E-state index is 0.0433. The maximum Gasteiger partial charge on any atom is 0.244 e. The zero-order chi connectivity index (χ0) is 14.4. The molecule has 1 amide bonds. The van der Waals surface area contributed by atoms with Crippen LogP contribution in [0.3, 0.4) is 0 Å². The van der Waals surface area contributed by atoms with Crippen LogP contribution < -0.4 is 5.32 Å². The third-order valence-corrected chi connectivity index (χ3v) is 2.92. The largest absolute Gasteiger partial charge is 0.373 e. The number of nitrogens with one attached hydrogen (secondary N) is 1. The molecule has 1 aromatic rings. The Morgan fingerprint density at radius 2 is 2.11 bits per heavy atom. The van der Waals surface area contributed by atoms with Crippen LogP contribution in [0.4, 0.5) is 10.1 Å². The molecule has 19 heavy (non-hydrogen) atoms. The topological polar surface area (TPSA) is 56.1 Å². The van der Waals surface area contributed by atoms with Crippen LogP contribution in [0.1, 0.15) is 26.3 Å². The number of carbonyl (C=O) groups is 1. The first-order chi connectivity index (χ1) is 9.03. The molecule has 1 aromatic carbocycles. The Morgan fingerprint density at radius 3 is 2.63 bits per heavy atom. The molecule has 0 fully saturated rings. The summed E-state index contributed by atoms with van der Waals surface area (Å²) in [5.41, 5.74) is 0.663. The minimum Gasteiger partial charge on any atom is -0.373 e. The molecule has 0 aliphatic carbocycles. The number of benzene rings is 1. The number of hydrogen-bond donors (Lipinski definition) is 1. The van der Waals surface area contributed by atoms with Crippen LogP contribution in [-0.2, 0) is 4.79 Å². The van der Waals surface area contributed by atoms with Gasteiger partial charge >= 0.3 is 0 Å². The number of rotatable bonds is 5. The molecule has 1 N–H and O–H groups in total. The maximum absolute atomic E-state index is 13.0. The number of nitrogens with zero attached hydrogens (tertiary/aromatic N) is 2. The lowest BCUT2D eigenvalue weighted by molar-refractivity contribution is -0.131. The Labute approximate surface area is 112 Å². The van der Waals surface area contributed by atoms with Gasteiger partial charge in [-0.15, -0.1) is 0 Å². The molecule has 0 heterocycles. The Hall–Kier alpha value is -2.09. The Kier molecular flexibility index (Phi) is 5.31. The highest BCUT2D eigenvalue weighted by molar-refractivity contribution is 5.84. The Bertz CT molecular complexity index is 492. The van der Waals surface area contributed by atoms with Crippen molar-refractivity contribution in [2.75, 3.05) is 18.4 Å². The zero-order valence-corrected chi connectivity index (χ0v) is 11.4. The number of amides is 1. The van der Waals surface area contributed by atoms with Gasteiger partial charge in [0.15, 0.2) is 0 Å². The summed E-state index contributed by atoms with van der Waals surface area (Å²) in [6.07, 6.45) is 0. The van der Waals surface area contributed by atoms with Crippen LogP contribution in [0.2, 0.25) is 0 Å². The number of nitriles is 1. The predicted molar refractivity (Wildman–Crippen MR) is 72.1 cm³/mol. The van der Waals surface area contributed by atoms with Crippen molar-refractivity contribution >= 4 is 11.6 Å². The molecule has 0 saturated carbocycles. The number of anilines is 1. The second-order valence-corrected chi connectivity index (χ2v) is 4.18. The second kappa shape index (κ2) is 6.74. The van der Waals surface area contributed by atoms with Crippen molar-refractivity contribution in [3.63, 3.8) is 0 Å². The first kappa shape index (κ1) is 15.0. The number of halogens is 1. The smallest absolute Gasteiger partial charge is 0.244 e. The number of carbonyl (C=O) groups excluding carboxylic acids is 1. The summed E-state index contributed by atoms with van der Waals surface area (Å²) in [4.78, 5) is 13.8. The van der Waals surface area contributed by atoms with Gasteiger partial charge in [-0.3, -0.25) is 4.79 Å². The van der Waals surface area contributed by atoms with Gasteiger partial charge in [0.05, 0.1) is 11.3 Å². The van der Waals surface area contributed by atoms with E-state index in [1.165, 1.54) is 12.1 Å². The molecule has 1 atom stereocenters. The average molecular weight is 263 g/mol. The van der Waals surface area contributed by atoms with Gasteiger partial charge in [0, 0.05) is 13.1 Å². The van der Waals surface area contributed by atoms with E-state index in [2.05, 4.69) is 5.32 Å². The van der Waals surface area contributed by atoms with Crippen molar-refractivity contribution in [3.05, 3.63) is 29.6 Å². The lowest BCUT2D eigenvalue weighted by Crippen LogP contribution is -2.41. The molecule has 1 rings (SSSR count). The van der Waals surface area contributed by atoms with E-state index in [1.54, 1.807) is 11.8 Å². The summed E-state index contributed by atoms with van der Waals surface area (Å²) in [6, 6.07) is 5.33. The van der Waals surface area contributed by atoms with Gasteiger partial charge < -0.3 is 10.2 Å². The molecule has 5 heteroatoms. The van der Waals surface area contributed by atoms with Gasteiger partial charge in [-0.2, -0.15) is 5.26 Å². The fraction of sp³-hybridized carbons (Fsp3) is 0.429. The van der Waals surface area contributed by atoms with Gasteiger partial charge in [-0.1, -0.05) is 0 Å². The first-order valence-corrected chi connectivity index (χ1v) is 6.28. The summed E-state index contributed by atoms with van der Waals surface area (Å²) in [6.45, 7) is 6.82. The molecule has 0 aliphatic rings. The standard InChI is InChI=1S/C14H18FN3O/c1-4-18(5-2)14(19)10(3)17-13-7-6-12(15)8-11(13)9-16/h6-8,10,17H,4-5H2,1-3H3. The highest BCUT2D eigenvalue weighted by Gasteiger charge is 2.18. The molecule has 0 aliphatic heterocycles. The van der Waals surface area contributed by atoms with Gasteiger partial charge in [-0.25, -0.2) is 4.39 Å². The van der Waals surface area contributed by atoms with Crippen LogP contribution in [0.25, 0.3) is 0 Å². The van der Waals surface area contributed by atoms with E-state index in [9.17, 15) is 9.18 Å². The second-order valence-electron chi connectivity index (χ2n) is 4.18. The zero-order valence-electron chi connectivity index (χ0n) is 11.4. The summed E-state index contributed by atoms with van der Waals surface area (Å²) in [7, 11) is 0. The molecule has 4 nitrogen and oxygen atoms in total. The average Bonchev–Trinajstić information content (AvgIpc) is 2.41. The van der Waals surface area contributed by atoms with Crippen molar-refractivity contribution < 1.29 is 9.18 Å². The van der Waals surface area contributed by atoms with Crippen molar-refractivity contribution in [2.24, 2.45) is 0 Å².